The van der Waals surface area contributed by atoms with Crippen LogP contribution in [0.25, 0.3) is 0 Å². The summed E-state index contributed by atoms with van der Waals surface area (Å²) in [5, 5.41) is -0.651. The van der Waals surface area contributed by atoms with Crippen molar-refractivity contribution in [2.45, 2.75) is 37.5 Å². The first kappa shape index (κ1) is 33.3. The minimum Gasteiger partial charge on any atom is -0.289 e. The lowest BCUT2D eigenvalue weighted by atomic mass is 10.0. The van der Waals surface area contributed by atoms with Crippen molar-refractivity contribution in [3.63, 3.8) is 0 Å². The fourth-order valence-electron chi connectivity index (χ4n) is 5.75. The van der Waals surface area contributed by atoms with Crippen molar-refractivity contribution in [2.75, 3.05) is 0 Å². The zero-order valence-electron chi connectivity index (χ0n) is 27.9. The second-order valence-corrected chi connectivity index (χ2v) is 15.3. The van der Waals surface area contributed by atoms with Gasteiger partial charge in [-0.2, -0.15) is 0 Å². The maximum Gasteiger partial charge on any atom is 0.217 e. The monoisotopic (exact) mass is 660 g/mol. The van der Waals surface area contributed by atoms with Crippen LogP contribution in [0.3, 0.4) is 0 Å². The van der Waals surface area contributed by atoms with E-state index in [9.17, 15) is 9.59 Å². The van der Waals surface area contributed by atoms with Crippen LogP contribution >= 0.6 is 10.0 Å². The highest BCUT2D eigenvalue weighted by molar-refractivity contribution is 8.56. The fraction of sp³-hybridized carbons (Fsp3) is 0.0909. The summed E-state index contributed by atoms with van der Waals surface area (Å²) >= 11 is 0. The third kappa shape index (κ3) is 6.58. The molecule has 4 nitrogen and oxygen atoms in total. The Balaban J connectivity index is 1.54. The summed E-state index contributed by atoms with van der Waals surface area (Å²) in [6.45, 7) is 7.82. The molecule has 0 spiro atoms. The Morgan fingerprint density at radius 2 is 0.510 bits per heavy atom. The van der Waals surface area contributed by atoms with Gasteiger partial charge in [0.25, 0.3) is 0 Å². The molecule has 5 heteroatoms. The minimum absolute atomic E-state index is 0.152. The Bertz CT molecular complexity index is 2000. The zero-order chi connectivity index (χ0) is 34.7. The van der Waals surface area contributed by atoms with Crippen molar-refractivity contribution in [3.8, 4) is 0 Å². The number of ketones is 2. The number of carbonyl (C=O) groups excluding carboxylic acids is 4. The maximum absolute atomic E-state index is 15.1. The van der Waals surface area contributed by atoms with Crippen LogP contribution < -0.4 is 0 Å². The van der Waals surface area contributed by atoms with E-state index in [0.717, 1.165) is 22.3 Å². The van der Waals surface area contributed by atoms with Gasteiger partial charge in [0.1, 0.15) is 0 Å². The van der Waals surface area contributed by atoms with Crippen molar-refractivity contribution in [2.24, 2.45) is 0 Å². The van der Waals surface area contributed by atoms with E-state index in [1.54, 1.807) is 97.1 Å². The molecule has 0 atom stereocenters. The van der Waals surface area contributed by atoms with Gasteiger partial charge in [0.15, 0.2) is 11.6 Å². The number of aryl methyl sites for hydroxylation is 4. The number of hydrogen-bond donors (Lipinski definition) is 0. The van der Waals surface area contributed by atoms with E-state index < -0.39 is 10.0 Å². The van der Waals surface area contributed by atoms with Gasteiger partial charge in [-0.05, 0) is 76.2 Å². The molecular weight excluding hydrogens is 625 g/mol. The second-order valence-electron chi connectivity index (χ2n) is 12.4. The summed E-state index contributed by atoms with van der Waals surface area (Å²) in [6, 6.07) is 42.9. The third-order valence-corrected chi connectivity index (χ3v) is 12.2. The van der Waals surface area contributed by atoms with E-state index in [-0.39, 0.29) is 21.8 Å². The molecule has 0 unspecified atom stereocenters. The van der Waals surface area contributed by atoms with Gasteiger partial charge in [0.05, 0.1) is 0 Å². The molecule has 0 amide bonds. The molecule has 0 radical (unpaired) electrons. The third-order valence-electron chi connectivity index (χ3n) is 8.70. The smallest absolute Gasteiger partial charge is 0.217 e. The molecule has 0 bridgehead atoms. The fourth-order valence-corrected chi connectivity index (χ4v) is 9.11. The molecule has 6 aromatic rings. The van der Waals surface area contributed by atoms with Gasteiger partial charge >= 0.3 is 0 Å². The Morgan fingerprint density at radius 3 is 0.755 bits per heavy atom. The first-order valence-corrected chi connectivity index (χ1v) is 17.7. The van der Waals surface area contributed by atoms with Crippen molar-refractivity contribution < 1.29 is 19.2 Å². The van der Waals surface area contributed by atoms with Crippen molar-refractivity contribution in [3.05, 3.63) is 201 Å². The van der Waals surface area contributed by atoms with Gasteiger partial charge in [-0.3, -0.25) is 19.2 Å². The Hall–Kier alpha value is -5.65. The lowest BCUT2D eigenvalue weighted by molar-refractivity contribution is 0.103. The average molecular weight is 661 g/mol. The van der Waals surface area contributed by atoms with Crippen LogP contribution in [0.2, 0.25) is 0 Å². The first-order chi connectivity index (χ1) is 23.6. The van der Waals surface area contributed by atoms with Gasteiger partial charge in [0.2, 0.25) is 10.2 Å². The topological polar surface area (TPSA) is 68.3 Å². The summed E-state index contributed by atoms with van der Waals surface area (Å²) in [5.41, 5.74) is 6.89. The number of rotatable bonds is 8. The minimum atomic E-state index is -3.17. The van der Waals surface area contributed by atoms with Gasteiger partial charge in [-0.25, -0.2) is 0 Å². The molecule has 49 heavy (non-hydrogen) atoms. The molecule has 0 saturated heterocycles. The van der Waals surface area contributed by atoms with E-state index in [4.69, 9.17) is 0 Å². The average Bonchev–Trinajstić information content (AvgIpc) is 3.13. The molecule has 242 valence electrons. The van der Waals surface area contributed by atoms with E-state index >= 15 is 9.59 Å². The lowest BCUT2D eigenvalue weighted by Gasteiger charge is -2.37. The molecule has 0 aliphatic heterocycles. The van der Waals surface area contributed by atoms with E-state index in [2.05, 4.69) is 0 Å². The van der Waals surface area contributed by atoms with Crippen LogP contribution in [0, 0.1) is 27.7 Å². The van der Waals surface area contributed by atoms with Crippen LogP contribution in [-0.2, 0) is 0 Å². The standard InChI is InChI=1S/C44H36O4S/c1-29-5-13-33(14-6-29)41(45)35-21-25-39(26-22-35)49(43(47)37-17-9-31(3)10-18-37,44(48)38-19-11-32(4)12-20-38)40-27-23-36(24-28-40)42(46)34-15-7-30(2)8-16-34/h5-28H,1-4H3. The summed E-state index contributed by atoms with van der Waals surface area (Å²) in [6.07, 6.45) is 0. The SMILES string of the molecule is Cc1ccc(C(=O)c2ccc(S(C(=O)c3ccc(C)cc3)(C(=O)c3ccc(C)cc3)c3ccc(C(=O)c4ccc(C)cc4)cc3)cc2)cc1. The second kappa shape index (κ2) is 13.8. The van der Waals surface area contributed by atoms with Gasteiger partial charge in [-0.1, -0.05) is 129 Å². The van der Waals surface area contributed by atoms with Crippen molar-refractivity contribution >= 4 is 31.8 Å². The van der Waals surface area contributed by atoms with Gasteiger partial charge < -0.3 is 0 Å². The predicted octanol–water partition coefficient (Wildman–Crippen LogP) is 10.3. The molecule has 0 heterocycles. The molecule has 0 saturated carbocycles. The van der Waals surface area contributed by atoms with Crippen LogP contribution in [0.5, 0.6) is 0 Å². The van der Waals surface area contributed by atoms with Crippen LogP contribution in [-0.4, -0.2) is 21.8 Å². The quantitative estimate of drug-likeness (QED) is 0.152. The van der Waals surface area contributed by atoms with E-state index in [0.29, 0.717) is 43.2 Å². The number of carbonyl (C=O) groups is 4. The molecule has 0 N–H and O–H groups in total. The first-order valence-electron chi connectivity index (χ1n) is 16.1. The highest BCUT2D eigenvalue weighted by Gasteiger charge is 2.44. The van der Waals surface area contributed by atoms with Crippen molar-refractivity contribution in [1.29, 1.82) is 0 Å². The van der Waals surface area contributed by atoms with Crippen LogP contribution in [0.15, 0.2) is 155 Å². The highest BCUT2D eigenvalue weighted by atomic mass is 32.3. The summed E-state index contributed by atoms with van der Waals surface area (Å²) in [5.74, 6) is -0.304. The molecule has 0 aliphatic carbocycles. The van der Waals surface area contributed by atoms with Crippen LogP contribution in [0.4, 0.5) is 0 Å². The Kier molecular flexibility index (Phi) is 9.39. The number of hydrogen-bond acceptors (Lipinski definition) is 4. The molecule has 0 aromatic heterocycles. The van der Waals surface area contributed by atoms with E-state index in [1.807, 2.05) is 76.2 Å². The molecule has 6 aromatic carbocycles. The van der Waals surface area contributed by atoms with Gasteiger partial charge in [0, 0.05) is 43.2 Å². The highest BCUT2D eigenvalue weighted by Crippen LogP contribution is 2.66. The predicted molar refractivity (Wildman–Crippen MR) is 197 cm³/mol. The van der Waals surface area contributed by atoms with Crippen molar-refractivity contribution in [1.82, 2.24) is 0 Å². The maximum atomic E-state index is 15.1. The summed E-state index contributed by atoms with van der Waals surface area (Å²) in [4.78, 5) is 58.1. The summed E-state index contributed by atoms with van der Waals surface area (Å²) < 4.78 is 0. The molecular formula is C44H36O4S. The normalized spacial score (nSPS) is 11.5. The number of benzene rings is 6. The zero-order valence-corrected chi connectivity index (χ0v) is 28.7. The molecule has 0 fully saturated rings. The summed E-state index contributed by atoms with van der Waals surface area (Å²) in [7, 11) is -3.17. The van der Waals surface area contributed by atoms with Crippen LogP contribution in [0.1, 0.15) is 74.8 Å². The molecule has 6 rings (SSSR count). The Labute approximate surface area is 288 Å². The Morgan fingerprint density at radius 1 is 0.306 bits per heavy atom. The lowest BCUT2D eigenvalue weighted by Crippen LogP contribution is -2.23. The molecule has 0 aliphatic rings. The van der Waals surface area contributed by atoms with Gasteiger partial charge in [-0.15, -0.1) is 0 Å². The van der Waals surface area contributed by atoms with E-state index in [1.165, 1.54) is 0 Å². The largest absolute Gasteiger partial charge is 0.289 e.